The number of aliphatic hydroxyl groups is 1. The Hall–Kier alpha value is -5.68. The molecule has 2 aliphatic rings. The summed E-state index contributed by atoms with van der Waals surface area (Å²) in [7, 11) is -3.58. The first-order valence-corrected chi connectivity index (χ1v) is 24.2. The van der Waals surface area contributed by atoms with Crippen molar-refractivity contribution in [3.63, 3.8) is 0 Å². The van der Waals surface area contributed by atoms with Crippen LogP contribution in [0, 0.1) is 17.6 Å². The quantitative estimate of drug-likeness (QED) is 0.0697. The molecule has 0 aliphatic heterocycles. The molecule has 3 N–H and O–H groups in total. The number of carbonyl (C=O) groups excluding carboxylic acids is 1. The second-order valence-corrected chi connectivity index (χ2v) is 22.3. The molecule has 14 nitrogen and oxygen atoms in total. The molecule has 6 aromatic rings. The van der Waals surface area contributed by atoms with Crippen molar-refractivity contribution >= 4 is 50.1 Å². The molecule has 4 aromatic heterocycles. The van der Waals surface area contributed by atoms with Gasteiger partial charge in [0.05, 0.1) is 37.7 Å². The smallest absolute Gasteiger partial charge is 0.321 e. The van der Waals surface area contributed by atoms with E-state index in [-0.39, 0.29) is 80.1 Å². The van der Waals surface area contributed by atoms with E-state index < -0.39 is 111 Å². The Labute approximate surface area is 401 Å². The third-order valence-electron chi connectivity index (χ3n) is 13.0. The van der Waals surface area contributed by atoms with E-state index >= 15 is 8.78 Å². The molecular formula is C46H48ClF8N9O5S. The van der Waals surface area contributed by atoms with Crippen molar-refractivity contribution in [3.05, 3.63) is 98.9 Å². The Morgan fingerprint density at radius 1 is 0.957 bits per heavy atom. The minimum atomic E-state index is -3.67. The van der Waals surface area contributed by atoms with Crippen LogP contribution in [0.25, 0.3) is 22.0 Å². The highest BCUT2D eigenvalue weighted by Crippen LogP contribution is 2.54. The SMILES string of the molecule is C[C@@H]1c2c(C(F)F)nn(CC(=O)N[C@@H](Cc3cc(F)cc(F)c3)c3nc(CCC(C)(C)S(=O)(=O)C4CC4)ccc3-c3ccc(Cl)c4c(Nc5nnc(C(C)(C)O)o5)nn(CC(F)F)c34)c2C(F)(F)[C@@H]1C. The molecular weight excluding hydrogens is 978 g/mol. The maximum absolute atomic E-state index is 15.8. The van der Waals surface area contributed by atoms with Gasteiger partial charge in [0.25, 0.3) is 18.8 Å². The van der Waals surface area contributed by atoms with Crippen LogP contribution in [0.4, 0.5) is 47.0 Å². The molecule has 1 saturated carbocycles. The number of hydrogen-bond donors (Lipinski definition) is 3. The van der Waals surface area contributed by atoms with E-state index in [0.717, 1.165) is 16.8 Å². The Bertz CT molecular complexity index is 3080. The monoisotopic (exact) mass is 1030 g/mol. The number of halogens is 9. The zero-order valence-corrected chi connectivity index (χ0v) is 40.0. The number of sulfone groups is 1. The number of hydrogen-bond acceptors (Lipinski definition) is 11. The first-order valence-electron chi connectivity index (χ1n) is 22.2. The standard InChI is InChI=1S/C46H48ClF8N9O5S/c1-21-22(2)46(54,55)39-34(21)37(40(52)53)61-64(39)20-33(65)57-31(17-23-15-24(48)18-25(49)16-23)36-28(10-7-26(56-36)13-14-44(3,4)70(67,68)27-8-9-27)29-11-12-30(47)35-38(29)63(19-32(50)51)62-41(35)58-43-60-59-42(69-43)45(5,6)66/h7,10-12,15-16,18,21-22,27,31-32,40,66H,8-9,13-14,17,19-20H2,1-6H3,(H,57,65)(H,58,60,62)/t21-,22+,31-/m0/s1. The van der Waals surface area contributed by atoms with Gasteiger partial charge in [-0.15, -0.1) is 5.10 Å². The lowest BCUT2D eigenvalue weighted by Crippen LogP contribution is -2.36. The first kappa shape index (κ1) is 50.7. The first-order chi connectivity index (χ1) is 32.7. The van der Waals surface area contributed by atoms with E-state index in [9.17, 15) is 44.7 Å². The van der Waals surface area contributed by atoms with Gasteiger partial charge in [-0.25, -0.2) is 34.8 Å². The van der Waals surface area contributed by atoms with Gasteiger partial charge in [0.1, 0.15) is 41.7 Å². The van der Waals surface area contributed by atoms with Gasteiger partial charge in [-0.1, -0.05) is 42.7 Å². The van der Waals surface area contributed by atoms with E-state index in [2.05, 4.69) is 31.0 Å². The zero-order valence-electron chi connectivity index (χ0n) is 38.5. The fourth-order valence-electron chi connectivity index (χ4n) is 8.93. The maximum atomic E-state index is 15.8. The largest absolute Gasteiger partial charge is 0.405 e. The lowest BCUT2D eigenvalue weighted by molar-refractivity contribution is -0.123. The summed E-state index contributed by atoms with van der Waals surface area (Å²) in [5, 5.41) is 31.3. The number of nitrogens with one attached hydrogen (secondary N) is 2. The average Bonchev–Trinajstić information content (AvgIpc) is 3.68. The van der Waals surface area contributed by atoms with Gasteiger partial charge >= 0.3 is 6.01 Å². The Kier molecular flexibility index (Phi) is 13.4. The number of carbonyl (C=O) groups is 1. The third-order valence-corrected chi connectivity index (χ3v) is 16.4. The molecule has 0 unspecified atom stereocenters. The second-order valence-electron chi connectivity index (χ2n) is 19.0. The van der Waals surface area contributed by atoms with Gasteiger partial charge in [0.2, 0.25) is 11.8 Å². The predicted molar refractivity (Wildman–Crippen MR) is 241 cm³/mol. The lowest BCUT2D eigenvalue weighted by atomic mass is 9.93. The van der Waals surface area contributed by atoms with E-state index in [1.165, 1.54) is 45.9 Å². The van der Waals surface area contributed by atoms with Gasteiger partial charge < -0.3 is 14.8 Å². The van der Waals surface area contributed by atoms with Crippen molar-refractivity contribution in [2.45, 2.75) is 133 Å². The summed E-state index contributed by atoms with van der Waals surface area (Å²) in [6, 6.07) is 6.74. The summed E-state index contributed by atoms with van der Waals surface area (Å²) in [5.41, 5.74) is -3.35. The number of fused-ring (bicyclic) bond motifs is 2. The number of pyridine rings is 1. The average molecular weight is 1030 g/mol. The highest BCUT2D eigenvalue weighted by Gasteiger charge is 2.55. The lowest BCUT2D eigenvalue weighted by Gasteiger charge is -2.26. The molecule has 0 spiro atoms. The van der Waals surface area contributed by atoms with E-state index in [1.54, 1.807) is 19.9 Å². The van der Waals surface area contributed by atoms with Gasteiger partial charge in [0.15, 0.2) is 15.7 Å². The van der Waals surface area contributed by atoms with Crippen molar-refractivity contribution in [2.24, 2.45) is 5.92 Å². The van der Waals surface area contributed by atoms with Crippen LogP contribution in [0.5, 0.6) is 0 Å². The highest BCUT2D eigenvalue weighted by molar-refractivity contribution is 7.93. The fraction of sp³-hybridized carbons (Fsp3) is 0.478. The van der Waals surface area contributed by atoms with Crippen LogP contribution in [0.1, 0.15) is 119 Å². The number of nitrogens with zero attached hydrogens (tertiary/aromatic N) is 7. The van der Waals surface area contributed by atoms with Gasteiger partial charge in [0, 0.05) is 34.4 Å². The molecule has 3 atom stereocenters. The normalized spacial score (nSPS) is 17.7. The highest BCUT2D eigenvalue weighted by atomic mass is 35.5. The molecule has 4 heterocycles. The summed E-state index contributed by atoms with van der Waals surface area (Å²) >= 11 is 6.78. The molecule has 376 valence electrons. The van der Waals surface area contributed by atoms with Crippen LogP contribution in [0.15, 0.2) is 46.9 Å². The van der Waals surface area contributed by atoms with E-state index in [0.29, 0.717) is 23.6 Å². The number of benzene rings is 2. The fourth-order valence-corrected chi connectivity index (χ4v) is 11.2. The molecule has 1 amide bonds. The Balaban J connectivity index is 1.29. The van der Waals surface area contributed by atoms with Crippen molar-refractivity contribution in [1.82, 2.24) is 40.1 Å². The molecule has 24 heteroatoms. The molecule has 2 aliphatic carbocycles. The van der Waals surface area contributed by atoms with Crippen LogP contribution in [0.2, 0.25) is 5.02 Å². The predicted octanol–water partition coefficient (Wildman–Crippen LogP) is 10.0. The van der Waals surface area contributed by atoms with Crippen LogP contribution in [-0.4, -0.2) is 70.6 Å². The zero-order chi connectivity index (χ0) is 51.0. The van der Waals surface area contributed by atoms with Crippen LogP contribution >= 0.6 is 11.6 Å². The van der Waals surface area contributed by atoms with Crippen molar-refractivity contribution in [1.29, 1.82) is 0 Å². The topological polar surface area (TPSA) is 183 Å². The van der Waals surface area contributed by atoms with Crippen molar-refractivity contribution < 1.29 is 57.9 Å². The van der Waals surface area contributed by atoms with Crippen LogP contribution < -0.4 is 10.6 Å². The second kappa shape index (κ2) is 18.5. The Morgan fingerprint density at radius 2 is 1.63 bits per heavy atom. The number of aromatic nitrogens is 7. The van der Waals surface area contributed by atoms with E-state index in [4.69, 9.17) is 21.0 Å². The molecule has 1 fully saturated rings. The van der Waals surface area contributed by atoms with Gasteiger partial charge in [-0.2, -0.15) is 19.0 Å². The number of anilines is 2. The number of rotatable bonds is 18. The molecule has 2 aromatic carbocycles. The van der Waals surface area contributed by atoms with Crippen molar-refractivity contribution in [2.75, 3.05) is 5.32 Å². The van der Waals surface area contributed by atoms with Gasteiger partial charge in [-0.05, 0) is 95.5 Å². The summed E-state index contributed by atoms with van der Waals surface area (Å²) in [4.78, 5) is 19.2. The van der Waals surface area contributed by atoms with Crippen LogP contribution in [-0.2, 0) is 52.1 Å². The maximum Gasteiger partial charge on any atom is 0.321 e. The minimum Gasteiger partial charge on any atom is -0.405 e. The summed E-state index contributed by atoms with van der Waals surface area (Å²) in [5.74, 6) is -9.55. The van der Waals surface area contributed by atoms with Crippen LogP contribution in [0.3, 0.4) is 0 Å². The minimum absolute atomic E-state index is 0.00956. The molecule has 0 radical (unpaired) electrons. The summed E-state index contributed by atoms with van der Waals surface area (Å²) < 4.78 is 152. The summed E-state index contributed by atoms with van der Waals surface area (Å²) in [6.07, 6.45) is -5.56. The Morgan fingerprint density at radius 3 is 2.24 bits per heavy atom. The molecule has 0 bridgehead atoms. The number of amides is 1. The summed E-state index contributed by atoms with van der Waals surface area (Å²) in [6.45, 7) is 6.49. The van der Waals surface area contributed by atoms with Gasteiger partial charge in [-0.3, -0.25) is 24.5 Å². The van der Waals surface area contributed by atoms with E-state index in [1.807, 2.05) is 0 Å². The van der Waals surface area contributed by atoms with Crippen molar-refractivity contribution in [3.8, 4) is 11.1 Å². The number of alkyl halides is 6. The third kappa shape index (κ3) is 9.71. The molecule has 0 saturated heterocycles. The number of aryl methyl sites for hydroxylation is 1. The molecule has 8 rings (SSSR count). The molecule has 70 heavy (non-hydrogen) atoms.